The van der Waals surface area contributed by atoms with E-state index in [2.05, 4.69) is 12.2 Å². The normalized spacial score (nSPS) is 24.9. The number of fused-ring (bicyclic) bond motifs is 1. The quantitative estimate of drug-likeness (QED) is 0.866. The lowest BCUT2D eigenvalue weighted by Gasteiger charge is -2.15. The van der Waals surface area contributed by atoms with Crippen LogP contribution >= 0.6 is 0 Å². The van der Waals surface area contributed by atoms with Crippen LogP contribution in [-0.2, 0) is 11.3 Å². The Morgan fingerprint density at radius 3 is 2.84 bits per heavy atom. The van der Waals surface area contributed by atoms with Crippen LogP contribution in [0.5, 0.6) is 17.2 Å². The van der Waals surface area contributed by atoms with Crippen molar-refractivity contribution >= 4 is 0 Å². The van der Waals surface area contributed by atoms with E-state index < -0.39 is 0 Å². The van der Waals surface area contributed by atoms with Crippen LogP contribution in [-0.4, -0.2) is 31.2 Å². The van der Waals surface area contributed by atoms with E-state index in [-0.39, 0.29) is 12.5 Å². The number of hydrogen-bond donors (Lipinski definition) is 2. The molecule has 0 spiro atoms. The molecule has 0 aromatic heterocycles. The van der Waals surface area contributed by atoms with Crippen molar-refractivity contribution in [2.75, 3.05) is 19.9 Å². The largest absolute Gasteiger partial charge is 0.507 e. The Hall–Kier alpha value is -1.46. The van der Waals surface area contributed by atoms with Crippen LogP contribution in [0.15, 0.2) is 12.1 Å². The first-order valence-electron chi connectivity index (χ1n) is 6.68. The van der Waals surface area contributed by atoms with Crippen molar-refractivity contribution in [2.45, 2.75) is 26.0 Å². The van der Waals surface area contributed by atoms with Crippen molar-refractivity contribution in [3.63, 3.8) is 0 Å². The Balaban J connectivity index is 1.58. The molecule has 1 aromatic rings. The van der Waals surface area contributed by atoms with Crippen LogP contribution in [0.1, 0.15) is 18.9 Å². The van der Waals surface area contributed by atoms with Crippen molar-refractivity contribution in [1.29, 1.82) is 0 Å². The Morgan fingerprint density at radius 2 is 2.11 bits per heavy atom. The van der Waals surface area contributed by atoms with Crippen molar-refractivity contribution < 1.29 is 19.3 Å². The maximum atomic E-state index is 9.92. The van der Waals surface area contributed by atoms with Gasteiger partial charge in [-0.2, -0.15) is 0 Å². The van der Waals surface area contributed by atoms with Crippen LogP contribution in [0, 0.1) is 5.92 Å². The molecule has 5 heteroatoms. The van der Waals surface area contributed by atoms with Crippen LogP contribution in [0.3, 0.4) is 0 Å². The highest BCUT2D eigenvalue weighted by atomic mass is 16.7. The van der Waals surface area contributed by atoms with E-state index in [1.54, 1.807) is 6.07 Å². The van der Waals surface area contributed by atoms with Gasteiger partial charge >= 0.3 is 0 Å². The number of nitrogens with one attached hydrogen (secondary N) is 1. The van der Waals surface area contributed by atoms with E-state index in [1.807, 2.05) is 6.07 Å². The third-order valence-electron chi connectivity index (χ3n) is 3.83. The number of benzene rings is 1. The van der Waals surface area contributed by atoms with Gasteiger partial charge < -0.3 is 24.6 Å². The first kappa shape index (κ1) is 12.6. The molecule has 2 aliphatic heterocycles. The van der Waals surface area contributed by atoms with E-state index in [0.717, 1.165) is 25.1 Å². The number of rotatable bonds is 4. The average Bonchev–Trinajstić information content (AvgIpc) is 2.99. The molecule has 5 nitrogen and oxygen atoms in total. The number of hydrogen-bond acceptors (Lipinski definition) is 5. The van der Waals surface area contributed by atoms with Gasteiger partial charge in [0.25, 0.3) is 0 Å². The third-order valence-corrected chi connectivity index (χ3v) is 3.83. The molecule has 19 heavy (non-hydrogen) atoms. The summed E-state index contributed by atoms with van der Waals surface area (Å²) in [5, 5.41) is 13.3. The highest BCUT2D eigenvalue weighted by Crippen LogP contribution is 2.37. The van der Waals surface area contributed by atoms with Crippen LogP contribution < -0.4 is 14.8 Å². The molecule has 0 radical (unpaired) electrons. The smallest absolute Gasteiger partial charge is 0.231 e. The van der Waals surface area contributed by atoms with Gasteiger partial charge in [0.15, 0.2) is 11.5 Å². The Morgan fingerprint density at radius 1 is 1.32 bits per heavy atom. The molecule has 3 rings (SSSR count). The maximum Gasteiger partial charge on any atom is 0.231 e. The predicted octanol–water partition coefficient (Wildman–Crippen LogP) is 1.64. The van der Waals surface area contributed by atoms with Gasteiger partial charge in [-0.05, 0) is 25.3 Å². The molecule has 0 aliphatic carbocycles. The second-order valence-corrected chi connectivity index (χ2v) is 5.09. The van der Waals surface area contributed by atoms with Crippen molar-refractivity contribution in [1.82, 2.24) is 5.32 Å². The number of ether oxygens (including phenoxy) is 3. The first-order valence-corrected chi connectivity index (χ1v) is 6.68. The molecule has 0 saturated carbocycles. The molecule has 0 bridgehead atoms. The fraction of sp³-hybridized carbons (Fsp3) is 0.571. The monoisotopic (exact) mass is 265 g/mol. The van der Waals surface area contributed by atoms with Crippen LogP contribution in [0.2, 0.25) is 0 Å². The molecular formula is C14H19NO4. The minimum absolute atomic E-state index is 0.225. The molecule has 0 amide bonds. The fourth-order valence-electron chi connectivity index (χ4n) is 2.55. The number of phenols is 1. The third kappa shape index (κ3) is 2.62. The summed E-state index contributed by atoms with van der Waals surface area (Å²) < 4.78 is 16.1. The van der Waals surface area contributed by atoms with E-state index in [1.165, 1.54) is 0 Å². The molecule has 2 unspecified atom stereocenters. The summed E-state index contributed by atoms with van der Waals surface area (Å²) in [6, 6.07) is 3.44. The SMILES string of the molecule is CC1OCCC1CNCc1cc2c(cc1O)OCO2. The lowest BCUT2D eigenvalue weighted by Crippen LogP contribution is -2.26. The summed E-state index contributed by atoms with van der Waals surface area (Å²) in [4.78, 5) is 0. The van der Waals surface area contributed by atoms with Gasteiger partial charge in [-0.15, -0.1) is 0 Å². The van der Waals surface area contributed by atoms with Gasteiger partial charge in [0.2, 0.25) is 6.79 Å². The number of phenolic OH excluding ortho intramolecular Hbond substituents is 1. The summed E-state index contributed by atoms with van der Waals surface area (Å²) in [5.41, 5.74) is 0.829. The minimum Gasteiger partial charge on any atom is -0.507 e. The van der Waals surface area contributed by atoms with Gasteiger partial charge in [0.05, 0.1) is 6.10 Å². The van der Waals surface area contributed by atoms with Gasteiger partial charge in [-0.1, -0.05) is 0 Å². The molecule has 1 aromatic carbocycles. The molecule has 2 N–H and O–H groups in total. The minimum atomic E-state index is 0.225. The molecule has 2 atom stereocenters. The van der Waals surface area contributed by atoms with Gasteiger partial charge in [0, 0.05) is 31.3 Å². The first-order chi connectivity index (χ1) is 9.24. The highest BCUT2D eigenvalue weighted by Gasteiger charge is 2.23. The van der Waals surface area contributed by atoms with Gasteiger partial charge in [0.1, 0.15) is 5.75 Å². The Labute approximate surface area is 112 Å². The van der Waals surface area contributed by atoms with Crippen molar-refractivity contribution in [3.8, 4) is 17.2 Å². The summed E-state index contributed by atoms with van der Waals surface area (Å²) >= 11 is 0. The molecular weight excluding hydrogens is 246 g/mol. The lowest BCUT2D eigenvalue weighted by atomic mass is 10.0. The van der Waals surface area contributed by atoms with Gasteiger partial charge in [-0.3, -0.25) is 0 Å². The number of aromatic hydroxyl groups is 1. The Kier molecular flexibility index (Phi) is 3.48. The molecule has 1 saturated heterocycles. The van der Waals surface area contributed by atoms with Crippen molar-refractivity contribution in [2.24, 2.45) is 5.92 Å². The average molecular weight is 265 g/mol. The standard InChI is InChI=1S/C14H19NO4/c1-9-10(2-3-17-9)6-15-7-11-4-13-14(5-12(11)16)19-8-18-13/h4-5,9-10,15-16H,2-3,6-8H2,1H3. The summed E-state index contributed by atoms with van der Waals surface area (Å²) in [6.45, 7) is 4.70. The zero-order chi connectivity index (χ0) is 13.2. The fourth-order valence-corrected chi connectivity index (χ4v) is 2.55. The van der Waals surface area contributed by atoms with E-state index in [9.17, 15) is 5.11 Å². The summed E-state index contributed by atoms with van der Waals surface area (Å²) in [5.74, 6) is 2.11. The summed E-state index contributed by atoms with van der Waals surface area (Å²) in [6.07, 6.45) is 1.42. The zero-order valence-electron chi connectivity index (χ0n) is 11.0. The maximum absolute atomic E-state index is 9.92. The van der Waals surface area contributed by atoms with Gasteiger partial charge in [-0.25, -0.2) is 0 Å². The van der Waals surface area contributed by atoms with E-state index in [4.69, 9.17) is 14.2 Å². The predicted molar refractivity (Wildman–Crippen MR) is 69.5 cm³/mol. The summed E-state index contributed by atoms with van der Waals surface area (Å²) in [7, 11) is 0. The second kappa shape index (κ2) is 5.27. The second-order valence-electron chi connectivity index (χ2n) is 5.09. The zero-order valence-corrected chi connectivity index (χ0v) is 11.0. The van der Waals surface area contributed by atoms with Crippen LogP contribution in [0.25, 0.3) is 0 Å². The van der Waals surface area contributed by atoms with E-state index >= 15 is 0 Å². The van der Waals surface area contributed by atoms with Crippen molar-refractivity contribution in [3.05, 3.63) is 17.7 Å². The van der Waals surface area contributed by atoms with Crippen LogP contribution in [0.4, 0.5) is 0 Å². The molecule has 2 heterocycles. The molecule has 1 fully saturated rings. The Bertz CT molecular complexity index is 463. The highest BCUT2D eigenvalue weighted by molar-refractivity contribution is 5.51. The lowest BCUT2D eigenvalue weighted by molar-refractivity contribution is 0.105. The molecule has 2 aliphatic rings. The molecule has 104 valence electrons. The van der Waals surface area contributed by atoms with E-state index in [0.29, 0.717) is 30.1 Å². The topological polar surface area (TPSA) is 60.0 Å².